The smallest absolute Gasteiger partial charge is 0.0822 e. The van der Waals surface area contributed by atoms with Gasteiger partial charge in [-0.2, -0.15) is 0 Å². The van der Waals surface area contributed by atoms with Gasteiger partial charge in [-0.3, -0.25) is 4.98 Å². The van der Waals surface area contributed by atoms with Gasteiger partial charge in [0.2, 0.25) is 0 Å². The number of aromatic nitrogens is 1. The Hall–Kier alpha value is -0.800. The molecule has 0 aliphatic carbocycles. The van der Waals surface area contributed by atoms with Crippen LogP contribution in [-0.2, 0) is 0 Å². The number of aliphatic hydroxyl groups is 1. The summed E-state index contributed by atoms with van der Waals surface area (Å²) < 4.78 is 0. The van der Waals surface area contributed by atoms with Crippen LogP contribution >= 0.6 is 11.6 Å². The molecular weight excluding hydrogens is 200 g/mol. The van der Waals surface area contributed by atoms with Crippen LogP contribution in [0.15, 0.2) is 18.5 Å². The van der Waals surface area contributed by atoms with Crippen molar-refractivity contribution in [2.45, 2.75) is 18.9 Å². The van der Waals surface area contributed by atoms with Crippen molar-refractivity contribution in [3.63, 3.8) is 0 Å². The van der Waals surface area contributed by atoms with Crippen molar-refractivity contribution < 1.29 is 5.11 Å². The summed E-state index contributed by atoms with van der Waals surface area (Å²) in [4.78, 5) is 6.05. The maximum Gasteiger partial charge on any atom is 0.0822 e. The van der Waals surface area contributed by atoms with E-state index in [2.05, 4.69) is 9.88 Å². The van der Waals surface area contributed by atoms with Gasteiger partial charge in [0.15, 0.2) is 0 Å². The Balaban J connectivity index is 2.18. The van der Waals surface area contributed by atoms with E-state index in [-0.39, 0.29) is 6.10 Å². The summed E-state index contributed by atoms with van der Waals surface area (Å²) in [5.41, 5.74) is 0.973. The van der Waals surface area contributed by atoms with Crippen molar-refractivity contribution in [1.29, 1.82) is 0 Å². The summed E-state index contributed by atoms with van der Waals surface area (Å²) in [5.74, 6) is 0. The Morgan fingerprint density at radius 1 is 1.57 bits per heavy atom. The van der Waals surface area contributed by atoms with E-state index >= 15 is 0 Å². The number of rotatable bonds is 1. The maximum absolute atomic E-state index is 9.53. The highest BCUT2D eigenvalue weighted by Crippen LogP contribution is 2.26. The molecule has 4 heteroatoms. The largest absolute Gasteiger partial charge is 0.391 e. The number of halogens is 1. The molecule has 1 aromatic rings. The second kappa shape index (κ2) is 4.15. The Labute approximate surface area is 88.3 Å². The van der Waals surface area contributed by atoms with Crippen molar-refractivity contribution in [3.8, 4) is 0 Å². The quantitative estimate of drug-likeness (QED) is 0.770. The van der Waals surface area contributed by atoms with Gasteiger partial charge in [0, 0.05) is 25.5 Å². The normalized spacial score (nSPS) is 22.4. The molecule has 1 aromatic heterocycles. The van der Waals surface area contributed by atoms with Gasteiger partial charge in [-0.15, -0.1) is 0 Å². The highest BCUT2D eigenvalue weighted by atomic mass is 35.5. The molecule has 0 radical (unpaired) electrons. The SMILES string of the molecule is OC1CCCN(c2ccncc2Cl)C1. The molecule has 1 unspecified atom stereocenters. The Morgan fingerprint density at radius 3 is 3.14 bits per heavy atom. The molecule has 1 saturated heterocycles. The average molecular weight is 213 g/mol. The minimum atomic E-state index is -0.229. The Kier molecular flexibility index (Phi) is 2.89. The molecule has 3 nitrogen and oxygen atoms in total. The molecule has 2 rings (SSSR count). The van der Waals surface area contributed by atoms with Crippen molar-refractivity contribution >= 4 is 17.3 Å². The molecule has 0 bridgehead atoms. The fraction of sp³-hybridized carbons (Fsp3) is 0.500. The summed E-state index contributed by atoms with van der Waals surface area (Å²) in [5, 5.41) is 10.2. The highest BCUT2D eigenvalue weighted by Gasteiger charge is 2.19. The van der Waals surface area contributed by atoms with E-state index in [1.807, 2.05) is 6.07 Å². The second-order valence-electron chi connectivity index (χ2n) is 3.57. The third-order valence-electron chi connectivity index (χ3n) is 2.49. The third kappa shape index (κ3) is 1.99. The van der Waals surface area contributed by atoms with Crippen LogP contribution in [0.5, 0.6) is 0 Å². The Bertz CT molecular complexity index is 319. The number of piperidine rings is 1. The van der Waals surface area contributed by atoms with Gasteiger partial charge in [0.05, 0.1) is 16.8 Å². The van der Waals surface area contributed by atoms with Gasteiger partial charge in [0.1, 0.15) is 0 Å². The van der Waals surface area contributed by atoms with Crippen LogP contribution in [0.25, 0.3) is 0 Å². The lowest BCUT2D eigenvalue weighted by molar-refractivity contribution is 0.154. The van der Waals surface area contributed by atoms with Gasteiger partial charge in [-0.25, -0.2) is 0 Å². The molecule has 1 aliphatic rings. The summed E-state index contributed by atoms with van der Waals surface area (Å²) in [6.45, 7) is 1.63. The van der Waals surface area contributed by atoms with E-state index < -0.39 is 0 Å². The van der Waals surface area contributed by atoms with Crippen molar-refractivity contribution in [2.75, 3.05) is 18.0 Å². The number of pyridine rings is 1. The standard InChI is InChI=1S/C10H13ClN2O/c11-9-6-12-4-3-10(9)13-5-1-2-8(14)7-13/h3-4,6,8,14H,1-2,5,7H2. The fourth-order valence-corrected chi connectivity index (χ4v) is 2.04. The van der Waals surface area contributed by atoms with Crippen LogP contribution in [0.2, 0.25) is 5.02 Å². The molecule has 76 valence electrons. The van der Waals surface area contributed by atoms with Crippen LogP contribution in [0.4, 0.5) is 5.69 Å². The van der Waals surface area contributed by atoms with E-state index in [1.165, 1.54) is 0 Å². The fourth-order valence-electron chi connectivity index (χ4n) is 1.80. The molecule has 2 heterocycles. The minimum absolute atomic E-state index is 0.229. The molecule has 14 heavy (non-hydrogen) atoms. The number of β-amino-alcohol motifs (C(OH)–C–C–N with tert-alkyl or cyclic N) is 1. The lowest BCUT2D eigenvalue weighted by Gasteiger charge is -2.32. The second-order valence-corrected chi connectivity index (χ2v) is 3.98. The lowest BCUT2D eigenvalue weighted by atomic mass is 10.1. The van der Waals surface area contributed by atoms with Crippen molar-refractivity contribution in [1.82, 2.24) is 4.98 Å². The first-order valence-corrected chi connectivity index (χ1v) is 5.17. The third-order valence-corrected chi connectivity index (χ3v) is 2.78. The van der Waals surface area contributed by atoms with E-state index in [9.17, 15) is 5.11 Å². The number of hydrogen-bond acceptors (Lipinski definition) is 3. The first-order chi connectivity index (χ1) is 6.77. The highest BCUT2D eigenvalue weighted by molar-refractivity contribution is 6.33. The van der Waals surface area contributed by atoms with Crippen LogP contribution in [-0.4, -0.2) is 29.3 Å². The zero-order valence-electron chi connectivity index (χ0n) is 7.86. The number of anilines is 1. The zero-order chi connectivity index (χ0) is 9.97. The van der Waals surface area contributed by atoms with Gasteiger partial charge in [-0.05, 0) is 18.9 Å². The number of aliphatic hydroxyl groups excluding tert-OH is 1. The summed E-state index contributed by atoms with van der Waals surface area (Å²) >= 11 is 6.02. The van der Waals surface area contributed by atoms with Gasteiger partial charge >= 0.3 is 0 Å². The summed E-state index contributed by atoms with van der Waals surface area (Å²) in [6, 6.07) is 1.89. The topological polar surface area (TPSA) is 36.4 Å². The Morgan fingerprint density at radius 2 is 2.43 bits per heavy atom. The van der Waals surface area contributed by atoms with E-state index in [4.69, 9.17) is 11.6 Å². The molecule has 0 saturated carbocycles. The minimum Gasteiger partial charge on any atom is -0.391 e. The molecule has 0 spiro atoms. The predicted molar refractivity (Wildman–Crippen MR) is 56.7 cm³/mol. The van der Waals surface area contributed by atoms with Gasteiger partial charge < -0.3 is 10.0 Å². The van der Waals surface area contributed by atoms with Crippen LogP contribution in [0, 0.1) is 0 Å². The van der Waals surface area contributed by atoms with Crippen LogP contribution in [0.1, 0.15) is 12.8 Å². The predicted octanol–water partition coefficient (Wildman–Crippen LogP) is 1.70. The van der Waals surface area contributed by atoms with Gasteiger partial charge in [0.25, 0.3) is 0 Å². The molecule has 0 amide bonds. The monoisotopic (exact) mass is 212 g/mol. The molecule has 1 fully saturated rings. The lowest BCUT2D eigenvalue weighted by Crippen LogP contribution is -2.38. The maximum atomic E-state index is 9.53. The van der Waals surface area contributed by atoms with Crippen LogP contribution in [0.3, 0.4) is 0 Å². The molecule has 1 atom stereocenters. The van der Waals surface area contributed by atoms with Gasteiger partial charge in [-0.1, -0.05) is 11.6 Å². The number of nitrogens with zero attached hydrogens (tertiary/aromatic N) is 2. The first kappa shape index (κ1) is 9.74. The summed E-state index contributed by atoms with van der Waals surface area (Å²) in [6.07, 6.45) is 5.03. The molecule has 0 aromatic carbocycles. The van der Waals surface area contributed by atoms with E-state index in [0.29, 0.717) is 11.6 Å². The average Bonchev–Trinajstić information content (AvgIpc) is 2.18. The molecule has 1 aliphatic heterocycles. The van der Waals surface area contributed by atoms with E-state index in [0.717, 1.165) is 25.1 Å². The number of hydrogen-bond donors (Lipinski definition) is 1. The zero-order valence-corrected chi connectivity index (χ0v) is 8.61. The molecule has 1 N–H and O–H groups in total. The van der Waals surface area contributed by atoms with E-state index in [1.54, 1.807) is 12.4 Å². The summed E-state index contributed by atoms with van der Waals surface area (Å²) in [7, 11) is 0. The first-order valence-electron chi connectivity index (χ1n) is 4.80. The van der Waals surface area contributed by atoms with Crippen LogP contribution < -0.4 is 4.90 Å². The molecular formula is C10H13ClN2O. The van der Waals surface area contributed by atoms with Crippen molar-refractivity contribution in [3.05, 3.63) is 23.5 Å². The van der Waals surface area contributed by atoms with Crippen molar-refractivity contribution in [2.24, 2.45) is 0 Å².